The van der Waals surface area contributed by atoms with Gasteiger partial charge in [0.1, 0.15) is 11.8 Å². The van der Waals surface area contributed by atoms with E-state index in [1.165, 1.54) is 0 Å². The van der Waals surface area contributed by atoms with Gasteiger partial charge in [-0.1, -0.05) is 0 Å². The van der Waals surface area contributed by atoms with Crippen molar-refractivity contribution in [3.63, 3.8) is 0 Å². The summed E-state index contributed by atoms with van der Waals surface area (Å²) >= 11 is 0. The van der Waals surface area contributed by atoms with Crippen LogP contribution in [-0.2, 0) is 11.3 Å². The summed E-state index contributed by atoms with van der Waals surface area (Å²) in [7, 11) is 1.59. The van der Waals surface area contributed by atoms with Crippen LogP contribution in [0.2, 0.25) is 0 Å². The molecule has 23 heavy (non-hydrogen) atoms. The second-order valence-corrected chi connectivity index (χ2v) is 5.99. The van der Waals surface area contributed by atoms with Crippen LogP contribution in [0.4, 0.5) is 0 Å². The first-order chi connectivity index (χ1) is 11.2. The normalized spacial score (nSPS) is 15.3. The maximum absolute atomic E-state index is 9.30. The van der Waals surface area contributed by atoms with E-state index in [4.69, 9.17) is 9.47 Å². The van der Waals surface area contributed by atoms with E-state index in [1.807, 2.05) is 29.9 Å². The fourth-order valence-corrected chi connectivity index (χ4v) is 3.10. The fraction of sp³-hybridized carbons (Fsp3) is 0.444. The second-order valence-electron chi connectivity index (χ2n) is 5.99. The SMILES string of the molecule is COc1c(C)cc(-c2cnn(CC3CCOCC3)c2)cc1C#N. The Kier molecular flexibility index (Phi) is 4.63. The molecule has 0 bridgehead atoms. The minimum atomic E-state index is 0.555. The number of nitriles is 1. The minimum absolute atomic E-state index is 0.555. The monoisotopic (exact) mass is 311 g/mol. The Morgan fingerprint density at radius 1 is 1.35 bits per heavy atom. The van der Waals surface area contributed by atoms with E-state index in [2.05, 4.69) is 17.4 Å². The molecule has 5 nitrogen and oxygen atoms in total. The van der Waals surface area contributed by atoms with Crippen molar-refractivity contribution in [1.29, 1.82) is 5.26 Å². The van der Waals surface area contributed by atoms with Gasteiger partial charge in [-0.3, -0.25) is 4.68 Å². The van der Waals surface area contributed by atoms with Gasteiger partial charge < -0.3 is 9.47 Å². The predicted octanol–water partition coefficient (Wildman–Crippen LogP) is 3.17. The van der Waals surface area contributed by atoms with E-state index >= 15 is 0 Å². The van der Waals surface area contributed by atoms with Gasteiger partial charge in [-0.05, 0) is 48.9 Å². The number of aryl methyl sites for hydroxylation is 1. The van der Waals surface area contributed by atoms with Gasteiger partial charge in [-0.2, -0.15) is 10.4 Å². The Hall–Kier alpha value is -2.32. The Morgan fingerprint density at radius 2 is 2.13 bits per heavy atom. The first-order valence-electron chi connectivity index (χ1n) is 7.90. The third kappa shape index (κ3) is 3.38. The summed E-state index contributed by atoms with van der Waals surface area (Å²) in [5.74, 6) is 1.27. The molecular formula is C18H21N3O2. The Morgan fingerprint density at radius 3 is 2.83 bits per heavy atom. The number of hydrogen-bond donors (Lipinski definition) is 0. The molecule has 0 N–H and O–H groups in total. The molecule has 1 aromatic heterocycles. The van der Waals surface area contributed by atoms with E-state index in [-0.39, 0.29) is 0 Å². The average molecular weight is 311 g/mol. The topological polar surface area (TPSA) is 60.1 Å². The molecule has 1 fully saturated rings. The number of rotatable bonds is 4. The van der Waals surface area contributed by atoms with Crippen molar-refractivity contribution in [2.75, 3.05) is 20.3 Å². The van der Waals surface area contributed by atoms with Crippen LogP contribution in [0, 0.1) is 24.2 Å². The highest BCUT2D eigenvalue weighted by atomic mass is 16.5. The Balaban J connectivity index is 1.82. The van der Waals surface area contributed by atoms with E-state index in [9.17, 15) is 5.26 Å². The van der Waals surface area contributed by atoms with Crippen LogP contribution in [0.3, 0.4) is 0 Å². The van der Waals surface area contributed by atoms with Crippen LogP contribution < -0.4 is 4.74 Å². The highest BCUT2D eigenvalue weighted by molar-refractivity contribution is 5.68. The summed E-state index contributed by atoms with van der Waals surface area (Å²) < 4.78 is 12.7. The molecule has 0 aliphatic carbocycles. The van der Waals surface area contributed by atoms with Gasteiger partial charge >= 0.3 is 0 Å². The molecule has 1 aliphatic rings. The molecule has 120 valence electrons. The predicted molar refractivity (Wildman–Crippen MR) is 87.2 cm³/mol. The van der Waals surface area contributed by atoms with Crippen LogP contribution in [0.25, 0.3) is 11.1 Å². The summed E-state index contributed by atoms with van der Waals surface area (Å²) in [6.07, 6.45) is 6.10. The molecule has 0 radical (unpaired) electrons. The summed E-state index contributed by atoms with van der Waals surface area (Å²) in [4.78, 5) is 0. The third-order valence-electron chi connectivity index (χ3n) is 4.35. The van der Waals surface area contributed by atoms with Crippen LogP contribution >= 0.6 is 0 Å². The molecular weight excluding hydrogens is 290 g/mol. The maximum Gasteiger partial charge on any atom is 0.139 e. The smallest absolute Gasteiger partial charge is 0.139 e. The number of hydrogen-bond acceptors (Lipinski definition) is 4. The highest BCUT2D eigenvalue weighted by Crippen LogP contribution is 2.30. The van der Waals surface area contributed by atoms with Gasteiger partial charge in [0, 0.05) is 31.5 Å². The van der Waals surface area contributed by atoms with Crippen LogP contribution in [0.15, 0.2) is 24.5 Å². The van der Waals surface area contributed by atoms with Crippen molar-refractivity contribution in [3.8, 4) is 22.9 Å². The van der Waals surface area contributed by atoms with E-state index in [0.29, 0.717) is 17.2 Å². The lowest BCUT2D eigenvalue weighted by atomic mass is 10.0. The first kappa shape index (κ1) is 15.6. The minimum Gasteiger partial charge on any atom is -0.495 e. The molecule has 3 rings (SSSR count). The zero-order chi connectivity index (χ0) is 16.2. The van der Waals surface area contributed by atoms with Gasteiger partial charge in [0.2, 0.25) is 0 Å². The third-order valence-corrected chi connectivity index (χ3v) is 4.35. The lowest BCUT2D eigenvalue weighted by molar-refractivity contribution is 0.0601. The lowest BCUT2D eigenvalue weighted by Crippen LogP contribution is -2.20. The molecule has 2 aromatic rings. The number of ether oxygens (including phenoxy) is 2. The van der Waals surface area contributed by atoms with E-state index in [0.717, 1.165) is 49.3 Å². The summed E-state index contributed by atoms with van der Waals surface area (Å²) in [5, 5.41) is 13.8. The maximum atomic E-state index is 9.30. The summed E-state index contributed by atoms with van der Waals surface area (Å²) in [6, 6.07) is 6.10. The molecule has 1 aliphatic heterocycles. The molecule has 0 atom stereocenters. The summed E-state index contributed by atoms with van der Waals surface area (Å²) in [5.41, 5.74) is 3.54. The molecule has 1 saturated heterocycles. The van der Waals surface area contributed by atoms with Crippen molar-refractivity contribution >= 4 is 0 Å². The Bertz CT molecular complexity index is 724. The van der Waals surface area contributed by atoms with E-state index < -0.39 is 0 Å². The number of nitrogens with zero attached hydrogens (tertiary/aromatic N) is 3. The Labute approximate surface area is 136 Å². The molecule has 0 amide bonds. The van der Waals surface area contributed by atoms with Crippen LogP contribution in [0.1, 0.15) is 24.0 Å². The van der Waals surface area contributed by atoms with Crippen molar-refractivity contribution < 1.29 is 9.47 Å². The zero-order valence-corrected chi connectivity index (χ0v) is 13.6. The number of methoxy groups -OCH3 is 1. The highest BCUT2D eigenvalue weighted by Gasteiger charge is 2.16. The van der Waals surface area contributed by atoms with Gasteiger partial charge in [0.25, 0.3) is 0 Å². The second kappa shape index (κ2) is 6.84. The van der Waals surface area contributed by atoms with E-state index in [1.54, 1.807) is 7.11 Å². The summed E-state index contributed by atoms with van der Waals surface area (Å²) in [6.45, 7) is 4.57. The van der Waals surface area contributed by atoms with Gasteiger partial charge in [-0.25, -0.2) is 0 Å². The van der Waals surface area contributed by atoms with Crippen molar-refractivity contribution in [2.24, 2.45) is 5.92 Å². The van der Waals surface area contributed by atoms with Crippen molar-refractivity contribution in [2.45, 2.75) is 26.3 Å². The molecule has 0 spiro atoms. The molecule has 2 heterocycles. The molecule has 0 saturated carbocycles. The van der Waals surface area contributed by atoms with Crippen molar-refractivity contribution in [1.82, 2.24) is 9.78 Å². The molecule has 0 unspecified atom stereocenters. The largest absolute Gasteiger partial charge is 0.495 e. The molecule has 5 heteroatoms. The standard InChI is InChI=1S/C18H21N3O2/c1-13-7-15(8-16(9-19)18(13)22-2)17-10-20-21(12-17)11-14-3-5-23-6-4-14/h7-8,10,12,14H,3-6,11H2,1-2H3. The van der Waals surface area contributed by atoms with Crippen LogP contribution in [-0.4, -0.2) is 30.1 Å². The van der Waals surface area contributed by atoms with Crippen molar-refractivity contribution in [3.05, 3.63) is 35.7 Å². The lowest BCUT2D eigenvalue weighted by Gasteiger charge is -2.21. The van der Waals surface area contributed by atoms with Crippen LogP contribution in [0.5, 0.6) is 5.75 Å². The average Bonchev–Trinajstić information content (AvgIpc) is 3.03. The van der Waals surface area contributed by atoms with Gasteiger partial charge in [0.05, 0.1) is 18.9 Å². The quantitative estimate of drug-likeness (QED) is 0.870. The first-order valence-corrected chi connectivity index (χ1v) is 7.90. The van der Waals surface area contributed by atoms with Gasteiger partial charge in [0.15, 0.2) is 0 Å². The molecule has 1 aromatic carbocycles. The number of benzene rings is 1. The zero-order valence-electron chi connectivity index (χ0n) is 13.6. The van der Waals surface area contributed by atoms with Gasteiger partial charge in [-0.15, -0.1) is 0 Å². The number of aromatic nitrogens is 2. The fourth-order valence-electron chi connectivity index (χ4n) is 3.10.